The van der Waals surface area contributed by atoms with Crippen molar-refractivity contribution in [3.8, 4) is 5.75 Å². The Morgan fingerprint density at radius 1 is 1.47 bits per heavy atom. The van der Waals surface area contributed by atoms with Crippen molar-refractivity contribution in [2.75, 3.05) is 14.2 Å². The molecule has 0 saturated carbocycles. The number of benzene rings is 1. The van der Waals surface area contributed by atoms with E-state index in [-0.39, 0.29) is 6.04 Å². The SMILES string of the molecule is CNC(Cc1cc(Cl)ccc1OC)c1cnc(C)s1. The molecule has 1 N–H and O–H groups in total. The number of methoxy groups -OCH3 is 1. The number of hydrogen-bond acceptors (Lipinski definition) is 4. The van der Waals surface area contributed by atoms with Crippen molar-refractivity contribution in [2.45, 2.75) is 19.4 Å². The normalized spacial score (nSPS) is 12.4. The van der Waals surface area contributed by atoms with Crippen molar-refractivity contribution < 1.29 is 4.74 Å². The molecule has 3 nitrogen and oxygen atoms in total. The van der Waals surface area contributed by atoms with Gasteiger partial charge >= 0.3 is 0 Å². The van der Waals surface area contributed by atoms with Crippen molar-refractivity contribution in [3.05, 3.63) is 44.9 Å². The molecule has 0 amide bonds. The van der Waals surface area contributed by atoms with Crippen LogP contribution in [-0.4, -0.2) is 19.1 Å². The van der Waals surface area contributed by atoms with Gasteiger partial charge in [-0.15, -0.1) is 11.3 Å². The number of hydrogen-bond donors (Lipinski definition) is 1. The van der Waals surface area contributed by atoms with E-state index in [1.807, 2.05) is 38.4 Å². The van der Waals surface area contributed by atoms with Gasteiger partial charge in [0.05, 0.1) is 12.1 Å². The maximum absolute atomic E-state index is 6.06. The predicted molar refractivity (Wildman–Crippen MR) is 80.4 cm³/mol. The van der Waals surface area contributed by atoms with E-state index < -0.39 is 0 Å². The van der Waals surface area contributed by atoms with Gasteiger partial charge in [0.15, 0.2) is 0 Å². The van der Waals surface area contributed by atoms with Gasteiger partial charge in [-0.05, 0) is 44.2 Å². The molecule has 1 aromatic heterocycles. The number of nitrogens with zero attached hydrogens (tertiary/aromatic N) is 1. The molecule has 1 atom stereocenters. The Hall–Kier alpha value is -1.10. The fourth-order valence-electron chi connectivity index (χ4n) is 2.01. The molecule has 102 valence electrons. The van der Waals surface area contributed by atoms with Crippen LogP contribution >= 0.6 is 22.9 Å². The molecule has 0 saturated heterocycles. The summed E-state index contributed by atoms with van der Waals surface area (Å²) in [7, 11) is 3.63. The van der Waals surface area contributed by atoms with Crippen LogP contribution in [0.4, 0.5) is 0 Å². The number of nitrogens with one attached hydrogen (secondary N) is 1. The number of aryl methyl sites for hydroxylation is 1. The largest absolute Gasteiger partial charge is 0.496 e. The number of likely N-dealkylation sites (N-methyl/N-ethyl adjacent to an activating group) is 1. The smallest absolute Gasteiger partial charge is 0.122 e. The Morgan fingerprint density at radius 3 is 2.84 bits per heavy atom. The lowest BCUT2D eigenvalue weighted by Gasteiger charge is -2.16. The van der Waals surface area contributed by atoms with E-state index in [4.69, 9.17) is 16.3 Å². The summed E-state index contributed by atoms with van der Waals surface area (Å²) in [5, 5.41) is 5.13. The van der Waals surface area contributed by atoms with E-state index in [1.54, 1.807) is 18.4 Å². The molecule has 0 aliphatic rings. The van der Waals surface area contributed by atoms with Crippen LogP contribution in [-0.2, 0) is 6.42 Å². The van der Waals surface area contributed by atoms with Crippen LogP contribution in [0.25, 0.3) is 0 Å². The second-order valence-electron chi connectivity index (χ2n) is 4.28. The van der Waals surface area contributed by atoms with Crippen LogP contribution in [0, 0.1) is 6.92 Å². The number of ether oxygens (including phenoxy) is 1. The second kappa shape index (κ2) is 6.37. The van der Waals surface area contributed by atoms with E-state index in [0.29, 0.717) is 0 Å². The first kappa shape index (κ1) is 14.3. The quantitative estimate of drug-likeness (QED) is 0.915. The van der Waals surface area contributed by atoms with Gasteiger partial charge in [-0.25, -0.2) is 4.98 Å². The van der Waals surface area contributed by atoms with E-state index in [9.17, 15) is 0 Å². The van der Waals surface area contributed by atoms with Gasteiger partial charge in [-0.2, -0.15) is 0 Å². The number of thiazole rings is 1. The zero-order valence-electron chi connectivity index (χ0n) is 11.2. The lowest BCUT2D eigenvalue weighted by molar-refractivity contribution is 0.406. The Bertz CT molecular complexity index is 556. The maximum Gasteiger partial charge on any atom is 0.122 e. The van der Waals surface area contributed by atoms with Crippen LogP contribution in [0.5, 0.6) is 5.75 Å². The first-order valence-electron chi connectivity index (χ1n) is 6.06. The summed E-state index contributed by atoms with van der Waals surface area (Å²) in [5.74, 6) is 0.867. The fourth-order valence-corrected chi connectivity index (χ4v) is 3.10. The molecule has 2 aromatic rings. The minimum Gasteiger partial charge on any atom is -0.496 e. The summed E-state index contributed by atoms with van der Waals surface area (Å²) in [6.45, 7) is 2.01. The Labute approximate surface area is 122 Å². The van der Waals surface area contributed by atoms with Gasteiger partial charge in [-0.1, -0.05) is 11.6 Å². The van der Waals surface area contributed by atoms with Gasteiger partial charge in [-0.3, -0.25) is 0 Å². The molecule has 0 radical (unpaired) electrons. The zero-order chi connectivity index (χ0) is 13.8. The van der Waals surface area contributed by atoms with Crippen LogP contribution in [0.1, 0.15) is 21.5 Å². The lowest BCUT2D eigenvalue weighted by atomic mass is 10.0. The first-order chi connectivity index (χ1) is 9.13. The Balaban J connectivity index is 2.25. The van der Waals surface area contributed by atoms with E-state index in [2.05, 4.69) is 10.3 Å². The Morgan fingerprint density at radius 2 is 2.26 bits per heavy atom. The summed E-state index contributed by atoms with van der Waals surface area (Å²) < 4.78 is 5.39. The lowest BCUT2D eigenvalue weighted by Crippen LogP contribution is -2.18. The fraction of sp³-hybridized carbons (Fsp3) is 0.357. The maximum atomic E-state index is 6.06. The molecule has 1 heterocycles. The molecule has 0 spiro atoms. The van der Waals surface area contributed by atoms with E-state index in [0.717, 1.165) is 27.8 Å². The third-order valence-electron chi connectivity index (χ3n) is 3.00. The van der Waals surface area contributed by atoms with Crippen LogP contribution in [0.15, 0.2) is 24.4 Å². The molecule has 0 aliphatic heterocycles. The third kappa shape index (κ3) is 3.47. The highest BCUT2D eigenvalue weighted by molar-refractivity contribution is 7.11. The van der Waals surface area contributed by atoms with Gasteiger partial charge in [0.1, 0.15) is 5.75 Å². The van der Waals surface area contributed by atoms with Crippen LogP contribution < -0.4 is 10.1 Å². The zero-order valence-corrected chi connectivity index (χ0v) is 12.8. The highest BCUT2D eigenvalue weighted by Gasteiger charge is 2.15. The van der Waals surface area contributed by atoms with Crippen molar-refractivity contribution in [1.82, 2.24) is 10.3 Å². The minimum atomic E-state index is 0.221. The molecule has 2 rings (SSSR count). The highest BCUT2D eigenvalue weighted by Crippen LogP contribution is 2.29. The average molecular weight is 297 g/mol. The third-order valence-corrected chi connectivity index (χ3v) is 4.26. The molecule has 0 fully saturated rings. The molecule has 19 heavy (non-hydrogen) atoms. The molecule has 0 aliphatic carbocycles. The molecule has 1 aromatic carbocycles. The van der Waals surface area contributed by atoms with Gasteiger partial charge < -0.3 is 10.1 Å². The van der Waals surface area contributed by atoms with E-state index in [1.165, 1.54) is 4.88 Å². The number of halogens is 1. The molecule has 0 bridgehead atoms. The summed E-state index contributed by atoms with van der Waals surface area (Å²) in [6, 6.07) is 5.93. The van der Waals surface area contributed by atoms with E-state index >= 15 is 0 Å². The number of rotatable bonds is 5. The van der Waals surface area contributed by atoms with Crippen molar-refractivity contribution in [3.63, 3.8) is 0 Å². The molecule has 5 heteroatoms. The monoisotopic (exact) mass is 296 g/mol. The molecular weight excluding hydrogens is 280 g/mol. The average Bonchev–Trinajstić information content (AvgIpc) is 2.82. The summed E-state index contributed by atoms with van der Waals surface area (Å²) in [6.07, 6.45) is 2.75. The topological polar surface area (TPSA) is 34.1 Å². The number of aromatic nitrogens is 1. The van der Waals surface area contributed by atoms with Crippen LogP contribution in [0.3, 0.4) is 0 Å². The summed E-state index contributed by atoms with van der Waals surface area (Å²) in [4.78, 5) is 5.53. The Kier molecular flexibility index (Phi) is 4.80. The van der Waals surface area contributed by atoms with Crippen molar-refractivity contribution in [1.29, 1.82) is 0 Å². The first-order valence-corrected chi connectivity index (χ1v) is 7.25. The predicted octanol–water partition coefficient (Wildman–Crippen LogP) is 3.62. The molecule has 1 unspecified atom stereocenters. The highest BCUT2D eigenvalue weighted by atomic mass is 35.5. The summed E-state index contributed by atoms with van der Waals surface area (Å²) >= 11 is 7.77. The minimum absolute atomic E-state index is 0.221. The van der Waals surface area contributed by atoms with Gasteiger partial charge in [0.25, 0.3) is 0 Å². The molecular formula is C14H17ClN2OS. The van der Waals surface area contributed by atoms with Crippen LogP contribution in [0.2, 0.25) is 5.02 Å². The van der Waals surface area contributed by atoms with Crippen molar-refractivity contribution in [2.24, 2.45) is 0 Å². The van der Waals surface area contributed by atoms with Gasteiger partial charge in [0, 0.05) is 22.1 Å². The summed E-state index contributed by atoms with van der Waals surface area (Å²) in [5.41, 5.74) is 1.10. The second-order valence-corrected chi connectivity index (χ2v) is 5.99. The standard InChI is InChI=1S/C14H17ClN2OS/c1-9-17-8-14(19-9)12(16-2)7-10-6-11(15)4-5-13(10)18-3/h4-6,8,12,16H,7H2,1-3H3. The van der Waals surface area contributed by atoms with Gasteiger partial charge in [0.2, 0.25) is 0 Å². The van der Waals surface area contributed by atoms with Crippen molar-refractivity contribution >= 4 is 22.9 Å².